The van der Waals surface area contributed by atoms with Crippen molar-refractivity contribution in [2.45, 2.75) is 31.3 Å². The SMILES string of the molecule is CS(=O)(=O)NCCC[N+]12CCC(C(O)(c3ccccc3)c3ccccc3)(CC1)CC2. The summed E-state index contributed by atoms with van der Waals surface area (Å²) in [6.45, 7) is 4.62. The van der Waals surface area contributed by atoms with Gasteiger partial charge in [0.1, 0.15) is 5.60 Å². The van der Waals surface area contributed by atoms with Gasteiger partial charge in [-0.2, -0.15) is 0 Å². The summed E-state index contributed by atoms with van der Waals surface area (Å²) in [6, 6.07) is 20.3. The number of sulfonamides is 1. The van der Waals surface area contributed by atoms with E-state index >= 15 is 0 Å². The number of hydrogen-bond acceptors (Lipinski definition) is 3. The van der Waals surface area contributed by atoms with Crippen molar-refractivity contribution in [3.63, 3.8) is 0 Å². The first-order valence-electron chi connectivity index (χ1n) is 10.9. The number of fused-ring (bicyclic) bond motifs is 3. The minimum absolute atomic E-state index is 0.166. The molecule has 2 aromatic carbocycles. The normalized spacial score (nSPS) is 26.6. The Morgan fingerprint density at radius 1 is 0.933 bits per heavy atom. The first kappa shape index (κ1) is 21.5. The second-order valence-corrected chi connectivity index (χ2v) is 11.1. The van der Waals surface area contributed by atoms with E-state index in [1.54, 1.807) is 0 Å². The quantitative estimate of drug-likeness (QED) is 0.501. The van der Waals surface area contributed by atoms with Gasteiger partial charge in [-0.15, -0.1) is 0 Å². The van der Waals surface area contributed by atoms with E-state index in [0.717, 1.165) is 67.5 Å². The van der Waals surface area contributed by atoms with E-state index in [2.05, 4.69) is 29.0 Å². The van der Waals surface area contributed by atoms with Gasteiger partial charge in [0.25, 0.3) is 0 Å². The predicted octanol–water partition coefficient (Wildman–Crippen LogP) is 2.86. The van der Waals surface area contributed by atoms with E-state index in [4.69, 9.17) is 0 Å². The Balaban J connectivity index is 1.56. The lowest BCUT2D eigenvalue weighted by molar-refractivity contribution is -0.946. The average Bonchev–Trinajstić information content (AvgIpc) is 2.78. The van der Waals surface area contributed by atoms with E-state index in [0.29, 0.717) is 6.54 Å². The number of piperidine rings is 3. The molecule has 0 amide bonds. The summed E-state index contributed by atoms with van der Waals surface area (Å²) in [5.74, 6) is 0. The Bertz CT molecular complexity index is 896. The lowest BCUT2D eigenvalue weighted by Gasteiger charge is -2.60. The fourth-order valence-electron chi connectivity index (χ4n) is 5.75. The maximum atomic E-state index is 12.4. The largest absolute Gasteiger partial charge is 0.380 e. The molecule has 0 spiro atoms. The topological polar surface area (TPSA) is 66.4 Å². The Morgan fingerprint density at radius 3 is 1.83 bits per heavy atom. The standard InChI is InChI=1S/C24H33N2O3S/c1-30(28,29)25-16-8-17-26-18-13-23(14-19-26,15-20-26)24(27,21-9-4-2-5-10-21)22-11-6-3-7-12-22/h2-7,9-12,25,27H,8,13-20H2,1H3/q+1. The minimum atomic E-state index is -3.12. The smallest absolute Gasteiger partial charge is 0.208 e. The second kappa shape index (κ2) is 8.08. The first-order chi connectivity index (χ1) is 14.3. The number of aliphatic hydroxyl groups is 1. The van der Waals surface area contributed by atoms with E-state index in [-0.39, 0.29) is 5.41 Å². The van der Waals surface area contributed by atoms with Gasteiger partial charge in [-0.25, -0.2) is 13.1 Å². The van der Waals surface area contributed by atoms with Crippen LogP contribution >= 0.6 is 0 Å². The molecule has 0 unspecified atom stereocenters. The van der Waals surface area contributed by atoms with Crippen LogP contribution in [-0.2, 0) is 15.6 Å². The van der Waals surface area contributed by atoms with Crippen molar-refractivity contribution < 1.29 is 18.0 Å². The zero-order valence-corrected chi connectivity index (χ0v) is 18.6. The maximum absolute atomic E-state index is 12.4. The molecule has 2 aromatic rings. The minimum Gasteiger partial charge on any atom is -0.380 e. The zero-order chi connectivity index (χ0) is 21.3. The molecule has 3 heterocycles. The van der Waals surface area contributed by atoms with Crippen LogP contribution in [0, 0.1) is 5.41 Å². The number of quaternary nitrogens is 1. The summed E-state index contributed by atoms with van der Waals surface area (Å²) >= 11 is 0. The van der Waals surface area contributed by atoms with Crippen molar-refractivity contribution in [3.05, 3.63) is 71.8 Å². The van der Waals surface area contributed by atoms with Gasteiger partial charge >= 0.3 is 0 Å². The Labute approximate surface area is 180 Å². The molecule has 3 saturated heterocycles. The van der Waals surface area contributed by atoms with Crippen molar-refractivity contribution in [2.24, 2.45) is 5.41 Å². The highest BCUT2D eigenvalue weighted by Crippen LogP contribution is 2.57. The summed E-state index contributed by atoms with van der Waals surface area (Å²) in [5.41, 5.74) is 0.802. The third-order valence-corrected chi connectivity index (χ3v) is 8.25. The van der Waals surface area contributed by atoms with Crippen LogP contribution in [0.5, 0.6) is 0 Å². The van der Waals surface area contributed by atoms with Crippen molar-refractivity contribution in [1.29, 1.82) is 0 Å². The van der Waals surface area contributed by atoms with Crippen LogP contribution in [0.3, 0.4) is 0 Å². The first-order valence-corrected chi connectivity index (χ1v) is 12.8. The van der Waals surface area contributed by atoms with E-state index < -0.39 is 15.6 Å². The van der Waals surface area contributed by atoms with Crippen LogP contribution in [-0.4, -0.2) is 57.0 Å². The van der Waals surface area contributed by atoms with Gasteiger partial charge in [0.2, 0.25) is 10.0 Å². The maximum Gasteiger partial charge on any atom is 0.208 e. The average molecular weight is 430 g/mol. The van der Waals surface area contributed by atoms with Gasteiger partial charge in [0.05, 0.1) is 32.4 Å². The van der Waals surface area contributed by atoms with Crippen molar-refractivity contribution in [3.8, 4) is 0 Å². The zero-order valence-electron chi connectivity index (χ0n) is 17.8. The highest BCUT2D eigenvalue weighted by molar-refractivity contribution is 7.88. The van der Waals surface area contributed by atoms with Crippen LogP contribution in [0.25, 0.3) is 0 Å². The van der Waals surface area contributed by atoms with Crippen LogP contribution < -0.4 is 4.72 Å². The molecule has 2 N–H and O–H groups in total. The molecule has 3 aliphatic rings. The molecule has 30 heavy (non-hydrogen) atoms. The Morgan fingerprint density at radius 2 is 1.40 bits per heavy atom. The van der Waals surface area contributed by atoms with Crippen molar-refractivity contribution in [2.75, 3.05) is 39.0 Å². The molecular formula is C24H33N2O3S+. The second-order valence-electron chi connectivity index (χ2n) is 9.23. The molecular weight excluding hydrogens is 396 g/mol. The molecule has 6 heteroatoms. The predicted molar refractivity (Wildman–Crippen MR) is 119 cm³/mol. The van der Waals surface area contributed by atoms with E-state index in [1.165, 1.54) is 6.26 Å². The monoisotopic (exact) mass is 429 g/mol. The number of rotatable bonds is 8. The van der Waals surface area contributed by atoms with Crippen molar-refractivity contribution in [1.82, 2.24) is 4.72 Å². The third-order valence-electron chi connectivity index (χ3n) is 7.52. The molecule has 0 aliphatic carbocycles. The van der Waals surface area contributed by atoms with Gasteiger partial charge < -0.3 is 9.59 Å². The lowest BCUT2D eigenvalue weighted by Crippen LogP contribution is -2.66. The molecule has 5 nitrogen and oxygen atoms in total. The van der Waals surface area contributed by atoms with E-state index in [9.17, 15) is 13.5 Å². The summed E-state index contributed by atoms with van der Waals surface area (Å²) in [4.78, 5) is 0. The summed E-state index contributed by atoms with van der Waals surface area (Å²) in [6.07, 6.45) is 5.00. The van der Waals surface area contributed by atoms with Gasteiger partial charge in [-0.05, 0) is 11.1 Å². The fraction of sp³-hybridized carbons (Fsp3) is 0.500. The molecule has 0 radical (unpaired) electrons. The molecule has 0 atom stereocenters. The van der Waals surface area contributed by atoms with Crippen LogP contribution in [0.4, 0.5) is 0 Å². The van der Waals surface area contributed by atoms with Gasteiger partial charge in [0, 0.05) is 37.6 Å². The van der Waals surface area contributed by atoms with Crippen LogP contribution in [0.2, 0.25) is 0 Å². The van der Waals surface area contributed by atoms with E-state index in [1.807, 2.05) is 36.4 Å². The summed E-state index contributed by atoms with van der Waals surface area (Å²) < 4.78 is 26.3. The highest BCUT2D eigenvalue weighted by atomic mass is 32.2. The van der Waals surface area contributed by atoms with Crippen LogP contribution in [0.15, 0.2) is 60.7 Å². The van der Waals surface area contributed by atoms with Crippen molar-refractivity contribution >= 4 is 10.0 Å². The molecule has 0 aromatic heterocycles. The van der Waals surface area contributed by atoms with Crippen LogP contribution in [0.1, 0.15) is 36.8 Å². The molecule has 3 aliphatic heterocycles. The third kappa shape index (κ3) is 3.94. The number of nitrogens with zero attached hydrogens (tertiary/aromatic N) is 1. The molecule has 5 rings (SSSR count). The van der Waals surface area contributed by atoms with Gasteiger partial charge in [-0.3, -0.25) is 0 Å². The highest BCUT2D eigenvalue weighted by Gasteiger charge is 2.60. The Hall–Kier alpha value is -1.73. The summed E-state index contributed by atoms with van der Waals surface area (Å²) in [5, 5.41) is 12.4. The molecule has 3 fully saturated rings. The fourth-order valence-corrected chi connectivity index (χ4v) is 6.27. The molecule has 0 saturated carbocycles. The van der Waals surface area contributed by atoms with Gasteiger partial charge in [-0.1, -0.05) is 60.7 Å². The summed E-state index contributed by atoms with van der Waals surface area (Å²) in [7, 11) is -3.12. The van der Waals surface area contributed by atoms with Gasteiger partial charge in [0.15, 0.2) is 0 Å². The number of nitrogens with one attached hydrogen (secondary N) is 1. The molecule has 2 bridgehead atoms. The number of benzene rings is 2. The lowest BCUT2D eigenvalue weighted by atomic mass is 9.56. The molecule has 162 valence electrons. The Kier molecular flexibility index (Phi) is 5.79. The number of hydrogen-bond donors (Lipinski definition) is 2.